The van der Waals surface area contributed by atoms with Gasteiger partial charge in [0.1, 0.15) is 35.3 Å². The first kappa shape index (κ1) is 31.8. The Labute approximate surface area is 218 Å². The number of carboxylic acids is 1. The molecule has 0 unspecified atom stereocenters. The largest absolute Gasteiger partial charge is 0.480 e. The van der Waals surface area contributed by atoms with E-state index in [0.717, 1.165) is 5.57 Å². The van der Waals surface area contributed by atoms with Crippen LogP contribution in [0, 0.1) is 16.7 Å². The molecule has 1 aliphatic rings. The fourth-order valence-electron chi connectivity index (χ4n) is 4.40. The topological polar surface area (TPSA) is 128 Å². The molecule has 36 heavy (non-hydrogen) atoms. The minimum atomic E-state index is -1.03. The third kappa shape index (κ3) is 7.63. The predicted octanol–water partition coefficient (Wildman–Crippen LogP) is 1.20. The van der Waals surface area contributed by atoms with Crippen molar-refractivity contribution in [3.8, 4) is 0 Å². The number of hydrogen-bond donors (Lipinski definition) is 3. The molecule has 0 aliphatic carbocycles. The van der Waals surface area contributed by atoms with Crippen LogP contribution in [0.2, 0.25) is 0 Å². The van der Waals surface area contributed by atoms with Crippen LogP contribution in [-0.2, 0) is 23.6 Å². The molecule has 0 aromatic rings. The van der Waals surface area contributed by atoms with Gasteiger partial charge in [0.2, 0.25) is 11.8 Å². The number of carboxylic acid groups (broad SMARTS) is 1. The van der Waals surface area contributed by atoms with E-state index in [-0.39, 0.29) is 18.6 Å². The summed E-state index contributed by atoms with van der Waals surface area (Å²) in [5.74, 6) is -2.40. The molecule has 0 aromatic carbocycles. The van der Waals surface area contributed by atoms with Crippen molar-refractivity contribution in [3.05, 3.63) is 11.6 Å². The lowest BCUT2D eigenvalue weighted by Gasteiger charge is -2.44. The number of aliphatic carboxylic acids is 1. The van der Waals surface area contributed by atoms with E-state index in [9.17, 15) is 24.3 Å². The van der Waals surface area contributed by atoms with Crippen molar-refractivity contribution >= 4 is 34.2 Å². The molecular weight excluding hydrogens is 480 g/mol. The van der Waals surface area contributed by atoms with Crippen molar-refractivity contribution in [2.24, 2.45) is 16.7 Å². The van der Waals surface area contributed by atoms with Crippen LogP contribution in [-0.4, -0.2) is 80.6 Å². The second kappa shape index (κ2) is 12.8. The molecule has 10 nitrogen and oxygen atoms in total. The van der Waals surface area contributed by atoms with Crippen LogP contribution in [0.5, 0.6) is 0 Å². The second-order valence-corrected chi connectivity index (χ2v) is 12.0. The molecule has 1 aliphatic heterocycles. The van der Waals surface area contributed by atoms with Gasteiger partial charge in [0.05, 0.1) is 5.41 Å². The molecule has 0 bridgehead atoms. The minimum Gasteiger partial charge on any atom is -0.480 e. The molecule has 1 heterocycles. The summed E-state index contributed by atoms with van der Waals surface area (Å²) in [6, 6.07) is -2.63. The third-order valence-corrected chi connectivity index (χ3v) is 7.08. The number of carbonyl (C=O) groups is 4. The normalized spacial score (nSPS) is 19.7. The van der Waals surface area contributed by atoms with Gasteiger partial charge in [-0.25, -0.2) is 5.43 Å². The molecule has 0 spiro atoms. The van der Waals surface area contributed by atoms with Gasteiger partial charge >= 0.3 is 5.97 Å². The first-order valence-electron chi connectivity index (χ1n) is 12.5. The average Bonchev–Trinajstić information content (AvgIpc) is 2.76. The first-order chi connectivity index (χ1) is 16.5. The van der Waals surface area contributed by atoms with Gasteiger partial charge in [-0.05, 0) is 51.9 Å². The molecule has 0 saturated carbocycles. The molecule has 3 N–H and O–H groups in total. The summed E-state index contributed by atoms with van der Waals surface area (Å²) in [7, 11) is 0.383. The van der Waals surface area contributed by atoms with Gasteiger partial charge in [0, 0.05) is 6.54 Å². The highest BCUT2D eigenvalue weighted by atomic mass is 28.2. The van der Waals surface area contributed by atoms with E-state index >= 15 is 0 Å². The SMILES string of the molecule is CC(C)=C[C@@](C)(C(=O)N(CO[SiH3])[C@H](C(=O)N[C@@H](C)C(=O)N1CCC[C@@H](C(=O)O)N1)C(C)C)C(C)(C)C. The minimum absolute atomic E-state index is 0.0279. The smallest absolute Gasteiger partial charge is 0.322 e. The van der Waals surface area contributed by atoms with E-state index in [2.05, 4.69) is 10.7 Å². The Bertz CT molecular complexity index is 852. The number of amides is 3. The van der Waals surface area contributed by atoms with Gasteiger partial charge in [0.15, 0.2) is 0 Å². The van der Waals surface area contributed by atoms with E-state index in [4.69, 9.17) is 4.43 Å². The van der Waals surface area contributed by atoms with Crippen molar-refractivity contribution in [1.82, 2.24) is 20.7 Å². The van der Waals surface area contributed by atoms with Crippen molar-refractivity contribution in [2.45, 2.75) is 93.3 Å². The fourth-order valence-corrected chi connectivity index (χ4v) is 4.68. The maximum Gasteiger partial charge on any atom is 0.322 e. The van der Waals surface area contributed by atoms with Gasteiger partial charge < -0.3 is 19.7 Å². The highest BCUT2D eigenvalue weighted by molar-refractivity contribution is 5.98. The molecule has 0 radical (unpaired) electrons. The quantitative estimate of drug-likeness (QED) is 0.222. The maximum atomic E-state index is 14.1. The number of nitrogens with zero attached hydrogens (tertiary/aromatic N) is 2. The molecule has 11 heteroatoms. The highest BCUT2D eigenvalue weighted by Gasteiger charge is 2.47. The number of carbonyl (C=O) groups excluding carboxylic acids is 3. The van der Waals surface area contributed by atoms with E-state index < -0.39 is 46.7 Å². The maximum absolute atomic E-state index is 14.1. The molecule has 1 saturated heterocycles. The van der Waals surface area contributed by atoms with Crippen LogP contribution in [0.25, 0.3) is 0 Å². The zero-order valence-corrected chi connectivity index (χ0v) is 25.6. The van der Waals surface area contributed by atoms with Crippen molar-refractivity contribution in [2.75, 3.05) is 13.3 Å². The number of rotatable bonds is 10. The van der Waals surface area contributed by atoms with E-state index in [1.807, 2.05) is 61.5 Å². The molecule has 4 atom stereocenters. The van der Waals surface area contributed by atoms with Gasteiger partial charge in [-0.2, -0.15) is 0 Å². The molecule has 206 valence electrons. The number of hydrogen-bond acceptors (Lipinski definition) is 6. The van der Waals surface area contributed by atoms with Crippen LogP contribution in [0.1, 0.15) is 75.2 Å². The Morgan fingerprint density at radius 3 is 2.22 bits per heavy atom. The molecule has 3 amide bonds. The van der Waals surface area contributed by atoms with Crippen molar-refractivity contribution in [1.29, 1.82) is 0 Å². The van der Waals surface area contributed by atoms with Crippen LogP contribution in [0.4, 0.5) is 0 Å². The zero-order chi connectivity index (χ0) is 28.0. The van der Waals surface area contributed by atoms with Crippen LogP contribution in [0.15, 0.2) is 11.6 Å². The summed E-state index contributed by atoms with van der Waals surface area (Å²) in [5, 5.41) is 13.3. The van der Waals surface area contributed by atoms with Gasteiger partial charge in [-0.3, -0.25) is 24.2 Å². The summed E-state index contributed by atoms with van der Waals surface area (Å²) in [6.07, 6.45) is 2.91. The zero-order valence-electron chi connectivity index (χ0n) is 23.6. The lowest BCUT2D eigenvalue weighted by atomic mass is 9.66. The lowest BCUT2D eigenvalue weighted by molar-refractivity contribution is -0.156. The average molecular weight is 527 g/mol. The standard InChI is InChI=1S/C25H46N4O6Si/c1-15(2)13-25(9,24(6,7)8)23(34)28(14-35-36)19(16(3)4)20(30)26-17(5)21(31)29-12-10-11-18(27-29)22(32)33/h13,16-19,27H,10-12,14H2,1-9,36H3,(H,26,30)(H,32,33)/t17-,18-,19-,25-/m0/s1. The fraction of sp³-hybridized carbons (Fsp3) is 0.760. The Morgan fingerprint density at radius 1 is 1.19 bits per heavy atom. The predicted molar refractivity (Wildman–Crippen MR) is 141 cm³/mol. The third-order valence-electron chi connectivity index (χ3n) is 6.82. The molecule has 1 rings (SSSR count). The Balaban J connectivity index is 3.23. The monoisotopic (exact) mass is 526 g/mol. The van der Waals surface area contributed by atoms with Crippen LogP contribution >= 0.6 is 0 Å². The number of nitrogens with one attached hydrogen (secondary N) is 2. The Hall–Kier alpha value is -2.24. The van der Waals surface area contributed by atoms with Crippen molar-refractivity contribution in [3.63, 3.8) is 0 Å². The Morgan fingerprint density at radius 2 is 1.78 bits per heavy atom. The van der Waals surface area contributed by atoms with Gasteiger partial charge in [-0.1, -0.05) is 46.3 Å². The highest BCUT2D eigenvalue weighted by Crippen LogP contribution is 2.43. The molecular formula is C25H46N4O6Si. The summed E-state index contributed by atoms with van der Waals surface area (Å²) < 4.78 is 5.50. The summed E-state index contributed by atoms with van der Waals surface area (Å²) in [5.41, 5.74) is 2.38. The van der Waals surface area contributed by atoms with Crippen LogP contribution < -0.4 is 10.7 Å². The second-order valence-electron chi connectivity index (χ2n) is 11.4. The first-order valence-corrected chi connectivity index (χ1v) is 13.4. The van der Waals surface area contributed by atoms with Crippen LogP contribution in [0.3, 0.4) is 0 Å². The van der Waals surface area contributed by atoms with E-state index in [1.165, 1.54) is 9.91 Å². The Kier molecular flexibility index (Phi) is 11.3. The van der Waals surface area contributed by atoms with E-state index in [1.54, 1.807) is 6.92 Å². The molecule has 0 aromatic heterocycles. The van der Waals surface area contributed by atoms with E-state index in [0.29, 0.717) is 29.9 Å². The number of hydrazine groups is 1. The number of allylic oxidation sites excluding steroid dienone is 1. The van der Waals surface area contributed by atoms with Crippen molar-refractivity contribution < 1.29 is 28.7 Å². The summed E-state index contributed by atoms with van der Waals surface area (Å²) in [6.45, 7) is 17.3. The summed E-state index contributed by atoms with van der Waals surface area (Å²) >= 11 is 0. The lowest BCUT2D eigenvalue weighted by Crippen LogP contribution is -2.62. The molecule has 1 fully saturated rings. The van der Waals surface area contributed by atoms with Gasteiger partial charge in [-0.15, -0.1) is 0 Å². The summed E-state index contributed by atoms with van der Waals surface area (Å²) in [4.78, 5) is 53.4. The van der Waals surface area contributed by atoms with Gasteiger partial charge in [0.25, 0.3) is 5.91 Å².